The number of hydrogen-bond donors (Lipinski definition) is 0. The number of esters is 1. The van der Waals surface area contributed by atoms with Crippen molar-refractivity contribution in [3.8, 4) is 0 Å². The van der Waals surface area contributed by atoms with Gasteiger partial charge in [-0.15, -0.1) is 0 Å². The molecular weight excluding hydrogens is 318 g/mol. The van der Waals surface area contributed by atoms with E-state index in [1.807, 2.05) is 24.3 Å². The van der Waals surface area contributed by atoms with Gasteiger partial charge in [-0.3, -0.25) is 9.78 Å². The van der Waals surface area contributed by atoms with Gasteiger partial charge in [0.2, 0.25) is 0 Å². The summed E-state index contributed by atoms with van der Waals surface area (Å²) in [4.78, 5) is 34.3. The van der Waals surface area contributed by atoms with E-state index < -0.39 is 5.97 Å². The molecule has 6 nitrogen and oxygen atoms in total. The van der Waals surface area contributed by atoms with Crippen LogP contribution in [0.1, 0.15) is 31.4 Å². The number of nitrogens with zero attached hydrogens (tertiary/aromatic N) is 3. The smallest absolute Gasteiger partial charge is 0.331 e. The summed E-state index contributed by atoms with van der Waals surface area (Å²) >= 11 is 0. The third-order valence-corrected chi connectivity index (χ3v) is 4.15. The second kappa shape index (κ2) is 8.37. The molecule has 1 fully saturated rings. The minimum absolute atomic E-state index is 0.130. The van der Waals surface area contributed by atoms with Crippen LogP contribution in [0.2, 0.25) is 0 Å². The average molecular weight is 339 g/mol. The first kappa shape index (κ1) is 17.1. The molecule has 2 aromatic rings. The maximum atomic E-state index is 12.1. The summed E-state index contributed by atoms with van der Waals surface area (Å²) in [5.74, 6) is -0.688. The van der Waals surface area contributed by atoms with Crippen molar-refractivity contribution in [2.24, 2.45) is 0 Å². The van der Waals surface area contributed by atoms with Gasteiger partial charge in [0, 0.05) is 19.2 Å². The Kier molecular flexibility index (Phi) is 5.72. The van der Waals surface area contributed by atoms with Crippen molar-refractivity contribution in [2.75, 3.05) is 19.7 Å². The third kappa shape index (κ3) is 4.86. The molecule has 6 heteroatoms. The van der Waals surface area contributed by atoms with Crippen molar-refractivity contribution in [2.45, 2.75) is 25.7 Å². The number of amides is 1. The molecule has 0 bridgehead atoms. The molecule has 1 amide bonds. The molecule has 0 radical (unpaired) electrons. The van der Waals surface area contributed by atoms with Gasteiger partial charge in [0.05, 0.1) is 22.9 Å². The van der Waals surface area contributed by atoms with Gasteiger partial charge in [0.1, 0.15) is 0 Å². The van der Waals surface area contributed by atoms with Crippen molar-refractivity contribution >= 4 is 29.0 Å². The van der Waals surface area contributed by atoms with Crippen molar-refractivity contribution in [1.29, 1.82) is 0 Å². The summed E-state index contributed by atoms with van der Waals surface area (Å²) in [5, 5.41) is 0. The number of hydrogen-bond acceptors (Lipinski definition) is 5. The summed E-state index contributed by atoms with van der Waals surface area (Å²) in [6.07, 6.45) is 8.74. The lowest BCUT2D eigenvalue weighted by Crippen LogP contribution is -2.35. The van der Waals surface area contributed by atoms with Crippen LogP contribution in [-0.4, -0.2) is 46.4 Å². The minimum Gasteiger partial charge on any atom is -0.452 e. The molecule has 0 N–H and O–H groups in total. The zero-order chi connectivity index (χ0) is 17.5. The van der Waals surface area contributed by atoms with Gasteiger partial charge in [-0.25, -0.2) is 9.78 Å². The highest BCUT2D eigenvalue weighted by Gasteiger charge is 2.16. The maximum Gasteiger partial charge on any atom is 0.331 e. The van der Waals surface area contributed by atoms with Crippen molar-refractivity contribution in [3.63, 3.8) is 0 Å². The molecule has 2 heterocycles. The van der Waals surface area contributed by atoms with Gasteiger partial charge in [0.15, 0.2) is 6.61 Å². The molecule has 1 aromatic carbocycles. The van der Waals surface area contributed by atoms with E-state index in [0.29, 0.717) is 5.69 Å². The summed E-state index contributed by atoms with van der Waals surface area (Å²) in [5.41, 5.74) is 2.12. The first-order chi connectivity index (χ1) is 12.2. The minimum atomic E-state index is -0.557. The number of likely N-dealkylation sites (tertiary alicyclic amines) is 1. The largest absolute Gasteiger partial charge is 0.452 e. The molecule has 0 atom stereocenters. The zero-order valence-corrected chi connectivity index (χ0v) is 14.1. The van der Waals surface area contributed by atoms with Crippen molar-refractivity contribution in [3.05, 3.63) is 42.2 Å². The van der Waals surface area contributed by atoms with Crippen LogP contribution in [0.3, 0.4) is 0 Å². The predicted molar refractivity (Wildman–Crippen MR) is 94.6 cm³/mol. The molecule has 130 valence electrons. The zero-order valence-electron chi connectivity index (χ0n) is 14.1. The Morgan fingerprint density at radius 1 is 1.08 bits per heavy atom. The first-order valence-electron chi connectivity index (χ1n) is 8.57. The highest BCUT2D eigenvalue weighted by atomic mass is 16.5. The summed E-state index contributed by atoms with van der Waals surface area (Å²) in [6, 6.07) is 7.51. The van der Waals surface area contributed by atoms with E-state index in [0.717, 1.165) is 49.8 Å². The van der Waals surface area contributed by atoms with Crippen LogP contribution in [0.5, 0.6) is 0 Å². The Morgan fingerprint density at radius 2 is 1.80 bits per heavy atom. The summed E-state index contributed by atoms with van der Waals surface area (Å²) in [6.45, 7) is 1.28. The van der Waals surface area contributed by atoms with Gasteiger partial charge in [-0.05, 0) is 31.1 Å². The SMILES string of the molecule is O=C(C=Cc1cnc2ccccc2n1)OCC(=O)N1CCCCCC1. The lowest BCUT2D eigenvalue weighted by Gasteiger charge is -2.19. The molecule has 0 aliphatic carbocycles. The summed E-state index contributed by atoms with van der Waals surface area (Å²) in [7, 11) is 0. The quantitative estimate of drug-likeness (QED) is 0.632. The Hall–Kier alpha value is -2.76. The lowest BCUT2D eigenvalue weighted by atomic mass is 10.2. The van der Waals surface area contributed by atoms with E-state index in [4.69, 9.17) is 4.74 Å². The average Bonchev–Trinajstić information content (AvgIpc) is 2.94. The van der Waals surface area contributed by atoms with Crippen LogP contribution >= 0.6 is 0 Å². The topological polar surface area (TPSA) is 72.4 Å². The fraction of sp³-hybridized carbons (Fsp3) is 0.368. The van der Waals surface area contributed by atoms with Gasteiger partial charge in [-0.2, -0.15) is 0 Å². The molecule has 1 aliphatic rings. The Bertz CT molecular complexity index is 780. The van der Waals surface area contributed by atoms with Crippen molar-refractivity contribution in [1.82, 2.24) is 14.9 Å². The Labute approximate surface area is 146 Å². The number of benzene rings is 1. The highest BCUT2D eigenvalue weighted by molar-refractivity contribution is 5.89. The number of ether oxygens (including phenoxy) is 1. The fourth-order valence-corrected chi connectivity index (χ4v) is 2.80. The van der Waals surface area contributed by atoms with Gasteiger partial charge >= 0.3 is 5.97 Å². The molecular formula is C19H21N3O3. The second-order valence-electron chi connectivity index (χ2n) is 6.02. The number of para-hydroxylation sites is 2. The van der Waals surface area contributed by atoms with E-state index in [1.165, 1.54) is 12.2 Å². The second-order valence-corrected chi connectivity index (χ2v) is 6.02. The molecule has 3 rings (SSSR count). The van der Waals surface area contributed by atoms with E-state index in [2.05, 4.69) is 9.97 Å². The van der Waals surface area contributed by atoms with Gasteiger partial charge < -0.3 is 9.64 Å². The highest BCUT2D eigenvalue weighted by Crippen LogP contribution is 2.10. The van der Waals surface area contributed by atoms with Gasteiger partial charge in [-0.1, -0.05) is 25.0 Å². The van der Waals surface area contributed by atoms with E-state index in [9.17, 15) is 9.59 Å². The van der Waals surface area contributed by atoms with Crippen LogP contribution in [0.15, 0.2) is 36.5 Å². The maximum absolute atomic E-state index is 12.1. The molecule has 1 aliphatic heterocycles. The lowest BCUT2D eigenvalue weighted by molar-refractivity contribution is -0.148. The number of fused-ring (bicyclic) bond motifs is 1. The molecule has 0 unspecified atom stereocenters. The van der Waals surface area contributed by atoms with Crippen LogP contribution in [-0.2, 0) is 14.3 Å². The molecule has 25 heavy (non-hydrogen) atoms. The molecule has 1 saturated heterocycles. The van der Waals surface area contributed by atoms with Crippen LogP contribution in [0.25, 0.3) is 17.1 Å². The molecule has 0 spiro atoms. The number of carbonyl (C=O) groups excluding carboxylic acids is 2. The van der Waals surface area contributed by atoms with E-state index in [-0.39, 0.29) is 12.5 Å². The summed E-state index contributed by atoms with van der Waals surface area (Å²) < 4.78 is 5.04. The number of aromatic nitrogens is 2. The molecule has 0 saturated carbocycles. The number of rotatable bonds is 4. The van der Waals surface area contributed by atoms with Crippen LogP contribution in [0, 0.1) is 0 Å². The van der Waals surface area contributed by atoms with Crippen molar-refractivity contribution < 1.29 is 14.3 Å². The normalized spacial score (nSPS) is 15.3. The van der Waals surface area contributed by atoms with Gasteiger partial charge in [0.25, 0.3) is 5.91 Å². The Balaban J connectivity index is 1.52. The monoisotopic (exact) mass is 339 g/mol. The Morgan fingerprint density at radius 3 is 2.56 bits per heavy atom. The number of carbonyl (C=O) groups is 2. The van der Waals surface area contributed by atoms with E-state index in [1.54, 1.807) is 11.1 Å². The standard InChI is InChI=1S/C19H21N3O3/c23-18(22-11-5-1-2-6-12-22)14-25-19(24)10-9-15-13-20-16-7-3-4-8-17(16)21-15/h3-4,7-10,13H,1-2,5-6,11-12,14H2. The van der Waals surface area contributed by atoms with Crippen LogP contribution < -0.4 is 0 Å². The first-order valence-corrected chi connectivity index (χ1v) is 8.57. The van der Waals surface area contributed by atoms with E-state index >= 15 is 0 Å². The molecule has 1 aromatic heterocycles. The fourth-order valence-electron chi connectivity index (χ4n) is 2.80. The predicted octanol–water partition coefficient (Wildman–Crippen LogP) is 2.59. The third-order valence-electron chi connectivity index (χ3n) is 4.15. The van der Waals surface area contributed by atoms with Crippen LogP contribution in [0.4, 0.5) is 0 Å².